The van der Waals surface area contributed by atoms with Gasteiger partial charge in [0.05, 0.1) is 7.11 Å². The number of rotatable bonds is 4. The molecule has 1 aromatic rings. The average molecular weight is 261 g/mol. The monoisotopic (exact) mass is 261 g/mol. The highest BCUT2D eigenvalue weighted by molar-refractivity contribution is 6.58. The van der Waals surface area contributed by atoms with Gasteiger partial charge in [-0.25, -0.2) is 0 Å². The molecule has 3 N–H and O–H groups in total. The van der Waals surface area contributed by atoms with Crippen molar-refractivity contribution in [3.63, 3.8) is 0 Å². The number of hydrogen-bond donors (Lipinski definition) is 3. The van der Waals surface area contributed by atoms with E-state index in [-0.39, 0.29) is 0 Å². The van der Waals surface area contributed by atoms with Crippen LogP contribution in [0.3, 0.4) is 0 Å². The maximum atomic E-state index is 9.25. The molecule has 1 heterocycles. The molecular formula is C14H20BNO3. The second-order valence-electron chi connectivity index (χ2n) is 4.88. The van der Waals surface area contributed by atoms with E-state index in [0.29, 0.717) is 17.1 Å². The minimum atomic E-state index is -1.47. The van der Waals surface area contributed by atoms with Crippen molar-refractivity contribution < 1.29 is 14.8 Å². The van der Waals surface area contributed by atoms with Crippen molar-refractivity contribution in [3.8, 4) is 5.75 Å². The molecule has 1 unspecified atom stereocenters. The predicted octanol–water partition coefficient (Wildman–Crippen LogP) is 0.388. The number of hydrogen-bond acceptors (Lipinski definition) is 4. The first-order valence-electron chi connectivity index (χ1n) is 6.63. The van der Waals surface area contributed by atoms with Gasteiger partial charge in [-0.2, -0.15) is 0 Å². The normalized spacial score (nSPS) is 19.6. The van der Waals surface area contributed by atoms with Crippen molar-refractivity contribution in [2.45, 2.75) is 12.8 Å². The van der Waals surface area contributed by atoms with Gasteiger partial charge in [0.1, 0.15) is 5.75 Å². The summed E-state index contributed by atoms with van der Waals surface area (Å²) in [4.78, 5) is 0. The summed E-state index contributed by atoms with van der Waals surface area (Å²) < 4.78 is 5.17. The van der Waals surface area contributed by atoms with Crippen LogP contribution in [0.5, 0.6) is 5.75 Å². The molecule has 102 valence electrons. The quantitative estimate of drug-likeness (QED) is 0.686. The second kappa shape index (κ2) is 6.75. The highest BCUT2D eigenvalue weighted by atomic mass is 16.5. The molecule has 2 rings (SSSR count). The fourth-order valence-corrected chi connectivity index (χ4v) is 2.30. The molecule has 0 aromatic heterocycles. The Morgan fingerprint density at radius 1 is 1.37 bits per heavy atom. The van der Waals surface area contributed by atoms with E-state index >= 15 is 0 Å². The van der Waals surface area contributed by atoms with Gasteiger partial charge in [0.2, 0.25) is 0 Å². The van der Waals surface area contributed by atoms with Crippen LogP contribution in [0.15, 0.2) is 24.3 Å². The minimum Gasteiger partial charge on any atom is -0.497 e. The van der Waals surface area contributed by atoms with Gasteiger partial charge in [-0.15, -0.1) is 0 Å². The van der Waals surface area contributed by atoms with E-state index in [1.807, 2.05) is 12.1 Å². The Kier molecular flexibility index (Phi) is 5.02. The Morgan fingerprint density at radius 2 is 2.21 bits per heavy atom. The van der Waals surface area contributed by atoms with Gasteiger partial charge < -0.3 is 20.1 Å². The van der Waals surface area contributed by atoms with Gasteiger partial charge in [0.25, 0.3) is 0 Å². The maximum absolute atomic E-state index is 9.25. The molecule has 4 nitrogen and oxygen atoms in total. The molecule has 5 heteroatoms. The summed E-state index contributed by atoms with van der Waals surface area (Å²) in [7, 11) is 0.0973. The zero-order chi connectivity index (χ0) is 13.7. The van der Waals surface area contributed by atoms with Crippen LogP contribution >= 0.6 is 0 Å². The van der Waals surface area contributed by atoms with Crippen molar-refractivity contribution in [2.75, 3.05) is 20.2 Å². The molecule has 0 bridgehead atoms. The molecule has 1 aliphatic rings. The zero-order valence-corrected chi connectivity index (χ0v) is 11.2. The lowest BCUT2D eigenvalue weighted by atomic mass is 9.79. The summed E-state index contributed by atoms with van der Waals surface area (Å²) in [5, 5.41) is 21.9. The summed E-state index contributed by atoms with van der Waals surface area (Å²) in [5.41, 5.74) is 1.37. The van der Waals surface area contributed by atoms with E-state index in [0.717, 1.165) is 18.7 Å². The lowest BCUT2D eigenvalue weighted by molar-refractivity contribution is 0.412. The second-order valence-corrected chi connectivity index (χ2v) is 4.88. The maximum Gasteiger partial charge on any atom is 0.488 e. The molecule has 1 saturated heterocycles. The topological polar surface area (TPSA) is 61.7 Å². The smallest absolute Gasteiger partial charge is 0.488 e. The Balaban J connectivity index is 2.13. The molecule has 0 amide bonds. The van der Waals surface area contributed by atoms with Crippen LogP contribution in [0.2, 0.25) is 0 Å². The molecular weight excluding hydrogens is 241 g/mol. The van der Waals surface area contributed by atoms with Gasteiger partial charge in [-0.3, -0.25) is 0 Å². The number of benzene rings is 1. The van der Waals surface area contributed by atoms with Crippen LogP contribution in [0.1, 0.15) is 18.4 Å². The number of methoxy groups -OCH3 is 1. The first-order chi connectivity index (χ1) is 9.19. The Labute approximate surface area is 114 Å². The molecule has 1 aromatic carbocycles. The lowest BCUT2D eigenvalue weighted by Gasteiger charge is -2.19. The Bertz CT molecular complexity index is 442. The van der Waals surface area contributed by atoms with E-state index in [1.165, 1.54) is 12.8 Å². The van der Waals surface area contributed by atoms with Crippen LogP contribution < -0.4 is 15.5 Å². The summed E-state index contributed by atoms with van der Waals surface area (Å²) >= 11 is 0. The SMILES string of the molecule is COc1cc(/C=C/C2CCCNC2)cc(B(O)O)c1. The molecule has 0 saturated carbocycles. The van der Waals surface area contributed by atoms with Crippen molar-refractivity contribution >= 4 is 18.7 Å². The number of ether oxygens (including phenoxy) is 1. The van der Waals surface area contributed by atoms with Gasteiger partial charge >= 0.3 is 7.12 Å². The van der Waals surface area contributed by atoms with E-state index in [1.54, 1.807) is 19.2 Å². The summed E-state index contributed by atoms with van der Waals surface area (Å²) in [5.74, 6) is 1.18. The minimum absolute atomic E-state index is 0.445. The van der Waals surface area contributed by atoms with Gasteiger partial charge in [-0.1, -0.05) is 18.2 Å². The van der Waals surface area contributed by atoms with Crippen molar-refractivity contribution in [1.29, 1.82) is 0 Å². The van der Waals surface area contributed by atoms with Crippen molar-refractivity contribution in [2.24, 2.45) is 5.92 Å². The Hall–Kier alpha value is -1.30. The highest BCUT2D eigenvalue weighted by Gasteiger charge is 2.13. The van der Waals surface area contributed by atoms with Gasteiger partial charge in [0.15, 0.2) is 0 Å². The van der Waals surface area contributed by atoms with Gasteiger partial charge in [-0.05, 0) is 48.5 Å². The van der Waals surface area contributed by atoms with E-state index in [2.05, 4.69) is 11.4 Å². The van der Waals surface area contributed by atoms with Crippen LogP contribution in [-0.2, 0) is 0 Å². The first-order valence-corrected chi connectivity index (χ1v) is 6.63. The molecule has 1 fully saturated rings. The van der Waals surface area contributed by atoms with Gasteiger partial charge in [0, 0.05) is 6.54 Å². The standard InChI is InChI=1S/C14H20BNO3/c1-19-14-8-12(7-13(9-14)15(17)18)5-4-11-3-2-6-16-10-11/h4-5,7-9,11,16-18H,2-3,6,10H2,1H3/b5-4+. The largest absolute Gasteiger partial charge is 0.497 e. The fourth-order valence-electron chi connectivity index (χ4n) is 2.30. The van der Waals surface area contributed by atoms with Crippen molar-refractivity contribution in [1.82, 2.24) is 5.32 Å². The molecule has 0 radical (unpaired) electrons. The van der Waals surface area contributed by atoms with Crippen LogP contribution in [-0.4, -0.2) is 37.4 Å². The van der Waals surface area contributed by atoms with E-state index in [9.17, 15) is 10.0 Å². The molecule has 1 aliphatic heterocycles. The fraction of sp³-hybridized carbons (Fsp3) is 0.429. The Morgan fingerprint density at radius 3 is 2.84 bits per heavy atom. The van der Waals surface area contributed by atoms with Crippen LogP contribution in [0.4, 0.5) is 0 Å². The summed E-state index contributed by atoms with van der Waals surface area (Å²) in [6.45, 7) is 2.11. The summed E-state index contributed by atoms with van der Waals surface area (Å²) in [6, 6.07) is 5.28. The number of nitrogens with one attached hydrogen (secondary N) is 1. The molecule has 1 atom stereocenters. The van der Waals surface area contributed by atoms with E-state index < -0.39 is 7.12 Å². The molecule has 0 spiro atoms. The molecule has 19 heavy (non-hydrogen) atoms. The predicted molar refractivity (Wildman–Crippen MR) is 77.4 cm³/mol. The van der Waals surface area contributed by atoms with Crippen LogP contribution in [0.25, 0.3) is 6.08 Å². The summed E-state index contributed by atoms with van der Waals surface area (Å²) in [6.07, 6.45) is 6.59. The third-order valence-corrected chi connectivity index (χ3v) is 3.38. The third-order valence-electron chi connectivity index (χ3n) is 3.38. The average Bonchev–Trinajstić information content (AvgIpc) is 2.45. The highest BCUT2D eigenvalue weighted by Crippen LogP contribution is 2.16. The first kappa shape index (κ1) is 14.1. The van der Waals surface area contributed by atoms with Crippen molar-refractivity contribution in [3.05, 3.63) is 29.8 Å². The molecule has 0 aliphatic carbocycles. The van der Waals surface area contributed by atoms with Crippen LogP contribution in [0, 0.1) is 5.92 Å². The third kappa shape index (κ3) is 4.09. The van der Waals surface area contributed by atoms with E-state index in [4.69, 9.17) is 4.74 Å². The zero-order valence-electron chi connectivity index (χ0n) is 11.2. The lowest BCUT2D eigenvalue weighted by Crippen LogP contribution is -2.30. The number of piperidine rings is 1.